The van der Waals surface area contributed by atoms with Gasteiger partial charge in [-0.3, -0.25) is 9.59 Å². The second-order valence-electron chi connectivity index (χ2n) is 6.58. The molecule has 10 heteroatoms. The fourth-order valence-electron chi connectivity index (χ4n) is 2.75. The Morgan fingerprint density at radius 3 is 2.20 bits per heavy atom. The molecule has 30 heavy (non-hydrogen) atoms. The predicted molar refractivity (Wildman–Crippen MR) is 114 cm³/mol. The van der Waals surface area contributed by atoms with Crippen LogP contribution in [0.15, 0.2) is 41.3 Å². The quantitative estimate of drug-likeness (QED) is 0.692. The minimum Gasteiger partial charge on any atom is -0.345 e. The normalized spacial score (nSPS) is 11.4. The van der Waals surface area contributed by atoms with Gasteiger partial charge < -0.3 is 10.2 Å². The molecule has 0 unspecified atom stereocenters. The fourth-order valence-corrected chi connectivity index (χ4v) is 4.46. The maximum Gasteiger partial charge on any atom is 0.255 e. The van der Waals surface area contributed by atoms with E-state index >= 15 is 0 Å². The predicted octanol–water partition coefficient (Wildman–Crippen LogP) is 3.46. The van der Waals surface area contributed by atoms with Gasteiger partial charge in [-0.15, -0.1) is 0 Å². The highest BCUT2D eigenvalue weighted by Crippen LogP contribution is 2.26. The Labute approximate surface area is 180 Å². The zero-order valence-electron chi connectivity index (χ0n) is 17.1. The number of halogens is 2. The van der Waals surface area contributed by atoms with E-state index in [1.165, 1.54) is 29.2 Å². The van der Waals surface area contributed by atoms with Crippen LogP contribution in [0.25, 0.3) is 0 Å². The zero-order chi connectivity index (χ0) is 22.6. The lowest BCUT2D eigenvalue weighted by Gasteiger charge is -2.19. The molecule has 7 nitrogen and oxygen atoms in total. The van der Waals surface area contributed by atoms with Gasteiger partial charge in [-0.05, 0) is 36.4 Å². The van der Waals surface area contributed by atoms with Crippen LogP contribution in [0.1, 0.15) is 34.6 Å². The van der Waals surface area contributed by atoms with E-state index in [0.717, 1.165) is 16.4 Å². The molecular formula is C20H23ClFN3O4S. The molecule has 0 aliphatic heterocycles. The minimum absolute atomic E-state index is 0.0671. The summed E-state index contributed by atoms with van der Waals surface area (Å²) in [4.78, 5) is 25.6. The summed E-state index contributed by atoms with van der Waals surface area (Å²) >= 11 is 6.12. The number of carbonyl (C=O) groups is 2. The van der Waals surface area contributed by atoms with Gasteiger partial charge in [-0.1, -0.05) is 25.4 Å². The van der Waals surface area contributed by atoms with Gasteiger partial charge in [0.15, 0.2) is 0 Å². The first-order valence-corrected chi connectivity index (χ1v) is 11.0. The van der Waals surface area contributed by atoms with E-state index in [0.29, 0.717) is 5.56 Å². The van der Waals surface area contributed by atoms with Gasteiger partial charge in [0, 0.05) is 38.3 Å². The molecule has 0 bridgehead atoms. The first kappa shape index (κ1) is 23.8. The number of amides is 2. The second-order valence-corrected chi connectivity index (χ2v) is 8.90. The number of benzene rings is 2. The lowest BCUT2D eigenvalue weighted by atomic mass is 10.1. The van der Waals surface area contributed by atoms with E-state index in [1.54, 1.807) is 27.9 Å². The third-order valence-corrected chi connectivity index (χ3v) is 6.78. The third kappa shape index (κ3) is 4.97. The third-order valence-electron chi connectivity index (χ3n) is 4.38. The highest BCUT2D eigenvalue weighted by Gasteiger charge is 2.26. The molecule has 0 aromatic heterocycles. The van der Waals surface area contributed by atoms with E-state index in [-0.39, 0.29) is 35.3 Å². The summed E-state index contributed by atoms with van der Waals surface area (Å²) in [6.45, 7) is 3.60. The average Bonchev–Trinajstić information content (AvgIpc) is 2.69. The lowest BCUT2D eigenvalue weighted by molar-refractivity contribution is 0.0827. The zero-order valence-corrected chi connectivity index (χ0v) is 18.6. The molecule has 2 amide bonds. The van der Waals surface area contributed by atoms with Gasteiger partial charge in [-0.2, -0.15) is 4.31 Å². The number of hydrogen-bond donors (Lipinski definition) is 1. The molecule has 162 valence electrons. The van der Waals surface area contributed by atoms with Crippen LogP contribution in [0.5, 0.6) is 0 Å². The largest absolute Gasteiger partial charge is 0.345 e. The molecule has 0 heterocycles. The number of nitrogens with zero attached hydrogens (tertiary/aromatic N) is 2. The van der Waals surface area contributed by atoms with Crippen LogP contribution in [-0.2, 0) is 10.0 Å². The number of anilines is 1. The van der Waals surface area contributed by atoms with E-state index < -0.39 is 26.6 Å². The second kappa shape index (κ2) is 9.55. The summed E-state index contributed by atoms with van der Waals surface area (Å²) in [5.41, 5.74) is 0.415. The lowest BCUT2D eigenvalue weighted by Crippen LogP contribution is -2.31. The van der Waals surface area contributed by atoms with E-state index in [2.05, 4.69) is 5.32 Å². The molecule has 0 spiro atoms. The molecule has 0 saturated heterocycles. The molecule has 2 aromatic rings. The number of hydrogen-bond acceptors (Lipinski definition) is 4. The van der Waals surface area contributed by atoms with E-state index in [4.69, 9.17) is 11.6 Å². The van der Waals surface area contributed by atoms with Crippen LogP contribution in [-0.4, -0.2) is 56.6 Å². The average molecular weight is 456 g/mol. The Kier molecular flexibility index (Phi) is 7.57. The Morgan fingerprint density at radius 1 is 1.03 bits per heavy atom. The van der Waals surface area contributed by atoms with Crippen molar-refractivity contribution in [3.05, 3.63) is 58.4 Å². The van der Waals surface area contributed by atoms with Gasteiger partial charge in [0.2, 0.25) is 10.0 Å². The molecule has 0 atom stereocenters. The summed E-state index contributed by atoms with van der Waals surface area (Å²) < 4.78 is 40.7. The van der Waals surface area contributed by atoms with Crippen LogP contribution in [0.3, 0.4) is 0 Å². The smallest absolute Gasteiger partial charge is 0.255 e. The van der Waals surface area contributed by atoms with Crippen molar-refractivity contribution in [3.8, 4) is 0 Å². The molecule has 0 fully saturated rings. The topological polar surface area (TPSA) is 86.8 Å². The van der Waals surface area contributed by atoms with Crippen LogP contribution >= 0.6 is 11.6 Å². The van der Waals surface area contributed by atoms with Gasteiger partial charge in [0.1, 0.15) is 10.7 Å². The van der Waals surface area contributed by atoms with Crippen molar-refractivity contribution in [2.24, 2.45) is 0 Å². The van der Waals surface area contributed by atoms with Crippen LogP contribution in [0.4, 0.5) is 10.1 Å². The summed E-state index contributed by atoms with van der Waals surface area (Å²) in [5, 5.41) is 2.73. The van der Waals surface area contributed by atoms with E-state index in [9.17, 15) is 22.4 Å². The monoisotopic (exact) mass is 455 g/mol. The molecule has 2 aromatic carbocycles. The maximum absolute atomic E-state index is 14.3. The molecule has 1 N–H and O–H groups in total. The van der Waals surface area contributed by atoms with Crippen molar-refractivity contribution in [1.82, 2.24) is 9.21 Å². The van der Waals surface area contributed by atoms with Gasteiger partial charge in [0.25, 0.3) is 11.8 Å². The first-order chi connectivity index (χ1) is 14.0. The minimum atomic E-state index is -4.09. The molecule has 0 aliphatic carbocycles. The number of carbonyl (C=O) groups excluding carboxylic acids is 2. The summed E-state index contributed by atoms with van der Waals surface area (Å²) in [6, 6.07) is 7.50. The van der Waals surface area contributed by atoms with Crippen LogP contribution in [0.2, 0.25) is 5.02 Å². The summed E-state index contributed by atoms with van der Waals surface area (Å²) in [7, 11) is -0.917. The van der Waals surface area contributed by atoms with Crippen LogP contribution < -0.4 is 5.32 Å². The molecule has 0 saturated carbocycles. The number of sulfonamides is 1. The highest BCUT2D eigenvalue weighted by atomic mass is 35.5. The van der Waals surface area contributed by atoms with Crippen LogP contribution in [0, 0.1) is 5.82 Å². The standard InChI is InChI=1S/C20H23ClFN3O4S/c1-5-25(6-2)30(28,29)18-12-13(8-10-16(18)22)19(26)23-17-11-14(7-9-15(17)21)20(27)24(3)4/h7-12H,5-6H2,1-4H3,(H,23,26). The van der Waals surface area contributed by atoms with Crippen molar-refractivity contribution in [2.45, 2.75) is 18.7 Å². The molecule has 2 rings (SSSR count). The summed E-state index contributed by atoms with van der Waals surface area (Å²) in [6.07, 6.45) is 0. The SMILES string of the molecule is CCN(CC)S(=O)(=O)c1cc(C(=O)Nc2cc(C(=O)N(C)C)ccc2Cl)ccc1F. The van der Waals surface area contributed by atoms with Crippen molar-refractivity contribution < 1.29 is 22.4 Å². The highest BCUT2D eigenvalue weighted by molar-refractivity contribution is 7.89. The van der Waals surface area contributed by atoms with E-state index in [1.807, 2.05) is 0 Å². The van der Waals surface area contributed by atoms with Crippen molar-refractivity contribution in [1.29, 1.82) is 0 Å². The molecule has 0 radical (unpaired) electrons. The van der Waals surface area contributed by atoms with Gasteiger partial charge in [0.05, 0.1) is 10.7 Å². The Morgan fingerprint density at radius 2 is 1.63 bits per heavy atom. The Hall–Kier alpha value is -2.49. The van der Waals surface area contributed by atoms with Crippen molar-refractivity contribution in [2.75, 3.05) is 32.5 Å². The maximum atomic E-state index is 14.3. The molecule has 0 aliphatic rings. The van der Waals surface area contributed by atoms with Gasteiger partial charge in [-0.25, -0.2) is 12.8 Å². The van der Waals surface area contributed by atoms with Gasteiger partial charge >= 0.3 is 0 Å². The molecular weight excluding hydrogens is 433 g/mol. The first-order valence-electron chi connectivity index (χ1n) is 9.15. The Balaban J connectivity index is 2.40. The fraction of sp³-hybridized carbons (Fsp3) is 0.300. The van der Waals surface area contributed by atoms with Crippen molar-refractivity contribution in [3.63, 3.8) is 0 Å². The Bertz CT molecular complexity index is 1070. The number of nitrogens with one attached hydrogen (secondary N) is 1. The van der Waals surface area contributed by atoms with Crippen molar-refractivity contribution >= 4 is 39.1 Å². The summed E-state index contributed by atoms with van der Waals surface area (Å²) in [5.74, 6) is -1.92. The number of rotatable bonds is 7.